The van der Waals surface area contributed by atoms with Crippen LogP contribution in [-0.2, 0) is 0 Å². The second kappa shape index (κ2) is 3.45. The summed E-state index contributed by atoms with van der Waals surface area (Å²) in [7, 11) is 0. The number of benzene rings is 1. The molecule has 1 aliphatic rings. The van der Waals surface area contributed by atoms with Crippen molar-refractivity contribution in [2.24, 2.45) is 0 Å². The van der Waals surface area contributed by atoms with E-state index in [1.54, 1.807) is 0 Å². The summed E-state index contributed by atoms with van der Waals surface area (Å²) in [5, 5.41) is 0. The Morgan fingerprint density at radius 3 is 2.79 bits per heavy atom. The monoisotopic (exact) mass is 184 g/mol. The number of allylic oxidation sites excluding steroid dienone is 2. The van der Waals surface area contributed by atoms with Crippen molar-refractivity contribution in [3.63, 3.8) is 0 Å². The molecule has 1 unspecified atom stereocenters. The zero-order chi connectivity index (χ0) is 10.1. The van der Waals surface area contributed by atoms with Gasteiger partial charge < -0.3 is 0 Å². The van der Waals surface area contributed by atoms with Crippen molar-refractivity contribution >= 4 is 12.2 Å². The van der Waals surface area contributed by atoms with E-state index in [0.29, 0.717) is 5.92 Å². The normalized spacial score (nSPS) is 19.2. The van der Waals surface area contributed by atoms with Gasteiger partial charge in [-0.1, -0.05) is 43.4 Å². The lowest BCUT2D eigenvalue weighted by Gasteiger charge is -2.12. The Balaban J connectivity index is 2.65. The van der Waals surface area contributed by atoms with Crippen LogP contribution in [0.4, 0.5) is 0 Å². The maximum atomic E-state index is 2.27. The van der Waals surface area contributed by atoms with Crippen molar-refractivity contribution in [1.29, 1.82) is 0 Å². The van der Waals surface area contributed by atoms with E-state index >= 15 is 0 Å². The lowest BCUT2D eigenvalue weighted by molar-refractivity contribution is 0.982. The smallest absolute Gasteiger partial charge is 0.000487 e. The molecule has 14 heavy (non-hydrogen) atoms. The molecule has 0 spiro atoms. The maximum Gasteiger partial charge on any atom is 0.000487 e. The molecule has 0 saturated heterocycles. The van der Waals surface area contributed by atoms with Crippen LogP contribution in [0.1, 0.15) is 42.0 Å². The van der Waals surface area contributed by atoms with Crippen molar-refractivity contribution in [2.45, 2.75) is 26.7 Å². The topological polar surface area (TPSA) is 0 Å². The lowest BCUT2D eigenvalue weighted by Crippen LogP contribution is -1.94. The van der Waals surface area contributed by atoms with Gasteiger partial charge >= 0.3 is 0 Å². The van der Waals surface area contributed by atoms with E-state index in [9.17, 15) is 0 Å². The van der Waals surface area contributed by atoms with Gasteiger partial charge in [0.25, 0.3) is 0 Å². The van der Waals surface area contributed by atoms with Gasteiger partial charge in [0.15, 0.2) is 0 Å². The molecule has 0 radical (unpaired) electrons. The van der Waals surface area contributed by atoms with Gasteiger partial charge in [-0.05, 0) is 36.1 Å². The highest BCUT2D eigenvalue weighted by Gasteiger charge is 2.16. The largest absolute Gasteiger partial charge is 0.0870 e. The first-order chi connectivity index (χ1) is 6.74. The van der Waals surface area contributed by atoms with Gasteiger partial charge in [-0.2, -0.15) is 0 Å². The molecule has 0 aromatic heterocycles. The second-order valence-electron chi connectivity index (χ2n) is 3.95. The van der Waals surface area contributed by atoms with Gasteiger partial charge in [0, 0.05) is 5.92 Å². The van der Waals surface area contributed by atoms with Crippen LogP contribution in [-0.4, -0.2) is 0 Å². The summed E-state index contributed by atoms with van der Waals surface area (Å²) < 4.78 is 0. The standard InChI is InChI=1S/C14H16/c1-4-5-13-10(2)6-8-12-9-7-11(3)14(12)13/h4-9,11H,1-3H3/b5-4-. The predicted molar refractivity (Wildman–Crippen MR) is 63.3 cm³/mol. The van der Waals surface area contributed by atoms with Gasteiger partial charge in [0.1, 0.15) is 0 Å². The molecule has 1 aromatic rings. The molecule has 0 N–H and O–H groups in total. The van der Waals surface area contributed by atoms with Crippen LogP contribution in [0.5, 0.6) is 0 Å². The average molecular weight is 184 g/mol. The van der Waals surface area contributed by atoms with Gasteiger partial charge in [-0.25, -0.2) is 0 Å². The molecule has 1 atom stereocenters. The molecule has 1 aliphatic carbocycles. The van der Waals surface area contributed by atoms with Crippen LogP contribution in [0.3, 0.4) is 0 Å². The van der Waals surface area contributed by atoms with E-state index in [4.69, 9.17) is 0 Å². The molecular weight excluding hydrogens is 168 g/mol. The molecule has 0 bridgehead atoms. The molecule has 2 rings (SSSR count). The minimum absolute atomic E-state index is 0.566. The Morgan fingerprint density at radius 1 is 1.29 bits per heavy atom. The Labute approximate surface area is 86.0 Å². The Hall–Kier alpha value is -1.30. The highest BCUT2D eigenvalue weighted by atomic mass is 14.2. The molecule has 0 fully saturated rings. The minimum atomic E-state index is 0.566. The molecule has 0 heteroatoms. The van der Waals surface area contributed by atoms with Crippen LogP contribution in [0.2, 0.25) is 0 Å². The Morgan fingerprint density at radius 2 is 2.07 bits per heavy atom. The second-order valence-corrected chi connectivity index (χ2v) is 3.95. The van der Waals surface area contributed by atoms with Crippen LogP contribution < -0.4 is 0 Å². The van der Waals surface area contributed by atoms with Crippen LogP contribution >= 0.6 is 0 Å². The van der Waals surface area contributed by atoms with Gasteiger partial charge in [-0.15, -0.1) is 0 Å². The number of hydrogen-bond donors (Lipinski definition) is 0. The summed E-state index contributed by atoms with van der Waals surface area (Å²) in [5.74, 6) is 0.566. The summed E-state index contributed by atoms with van der Waals surface area (Å²) in [4.78, 5) is 0. The van der Waals surface area contributed by atoms with E-state index in [1.165, 1.54) is 22.3 Å². The van der Waals surface area contributed by atoms with Crippen molar-refractivity contribution < 1.29 is 0 Å². The van der Waals surface area contributed by atoms with Crippen molar-refractivity contribution in [3.8, 4) is 0 Å². The summed E-state index contributed by atoms with van der Waals surface area (Å²) in [6, 6.07) is 4.42. The quantitative estimate of drug-likeness (QED) is 0.614. The summed E-state index contributed by atoms with van der Waals surface area (Å²) in [6.07, 6.45) is 8.84. The van der Waals surface area contributed by atoms with Gasteiger partial charge in [0.05, 0.1) is 0 Å². The summed E-state index contributed by atoms with van der Waals surface area (Å²) >= 11 is 0. The summed E-state index contributed by atoms with van der Waals surface area (Å²) in [6.45, 7) is 6.52. The number of fused-ring (bicyclic) bond motifs is 1. The molecule has 0 aliphatic heterocycles. The van der Waals surface area contributed by atoms with Crippen molar-refractivity contribution in [1.82, 2.24) is 0 Å². The SMILES string of the molecule is C/C=C\c1c(C)ccc2c1C(C)C=C2. The first-order valence-electron chi connectivity index (χ1n) is 5.18. The van der Waals surface area contributed by atoms with Gasteiger partial charge in [-0.3, -0.25) is 0 Å². The number of rotatable bonds is 1. The van der Waals surface area contributed by atoms with Crippen molar-refractivity contribution in [2.75, 3.05) is 0 Å². The Bertz CT molecular complexity index is 408. The zero-order valence-electron chi connectivity index (χ0n) is 9.04. The van der Waals surface area contributed by atoms with Crippen molar-refractivity contribution in [3.05, 3.63) is 46.5 Å². The molecule has 0 saturated carbocycles. The van der Waals surface area contributed by atoms with E-state index in [2.05, 4.69) is 57.2 Å². The van der Waals surface area contributed by atoms with E-state index in [0.717, 1.165) is 0 Å². The summed E-state index contributed by atoms with van der Waals surface area (Å²) in [5.41, 5.74) is 5.65. The Kier molecular flexibility index (Phi) is 2.28. The first kappa shape index (κ1) is 9.26. The van der Waals surface area contributed by atoms with Crippen LogP contribution in [0.15, 0.2) is 24.3 Å². The highest BCUT2D eigenvalue weighted by Crippen LogP contribution is 2.34. The fourth-order valence-corrected chi connectivity index (χ4v) is 2.15. The highest BCUT2D eigenvalue weighted by molar-refractivity contribution is 5.71. The predicted octanol–water partition coefficient (Wildman–Crippen LogP) is 4.16. The van der Waals surface area contributed by atoms with Crippen LogP contribution in [0.25, 0.3) is 12.2 Å². The maximum absolute atomic E-state index is 2.27. The molecular formula is C14H16. The zero-order valence-corrected chi connectivity index (χ0v) is 9.04. The molecule has 0 nitrogen and oxygen atoms in total. The van der Waals surface area contributed by atoms with E-state index < -0.39 is 0 Å². The van der Waals surface area contributed by atoms with Gasteiger partial charge in [0.2, 0.25) is 0 Å². The minimum Gasteiger partial charge on any atom is -0.0870 e. The molecule has 72 valence electrons. The third-order valence-electron chi connectivity index (χ3n) is 2.89. The van der Waals surface area contributed by atoms with Crippen LogP contribution in [0, 0.1) is 6.92 Å². The van der Waals surface area contributed by atoms with E-state index in [-0.39, 0.29) is 0 Å². The third-order valence-corrected chi connectivity index (χ3v) is 2.89. The molecule has 0 amide bonds. The third kappa shape index (κ3) is 1.31. The number of aryl methyl sites for hydroxylation is 1. The first-order valence-corrected chi connectivity index (χ1v) is 5.18. The molecule has 1 aromatic carbocycles. The molecule has 0 heterocycles. The van der Waals surface area contributed by atoms with E-state index in [1.807, 2.05) is 0 Å². The fraction of sp³-hybridized carbons (Fsp3) is 0.286. The average Bonchev–Trinajstić information content (AvgIpc) is 2.53. The number of hydrogen-bond acceptors (Lipinski definition) is 0. The lowest BCUT2D eigenvalue weighted by atomic mass is 9.92. The fourth-order valence-electron chi connectivity index (χ4n) is 2.15.